The van der Waals surface area contributed by atoms with Crippen molar-refractivity contribution >= 4 is 55.8 Å². The number of ether oxygens (including phenoxy) is 2. The molecule has 0 aliphatic carbocycles. The van der Waals surface area contributed by atoms with Crippen LogP contribution in [0.4, 0.5) is 0 Å². The minimum atomic E-state index is -3.41. The lowest BCUT2D eigenvalue weighted by molar-refractivity contribution is -0.0105. The van der Waals surface area contributed by atoms with Crippen LogP contribution in [0.3, 0.4) is 0 Å². The number of hydrogen-bond donors (Lipinski definition) is 2. The van der Waals surface area contributed by atoms with Gasteiger partial charge in [-0.1, -0.05) is 29.8 Å². The molecule has 0 saturated carbocycles. The quantitative estimate of drug-likeness (QED) is 0.313. The summed E-state index contributed by atoms with van der Waals surface area (Å²) in [4.78, 5) is 0. The van der Waals surface area contributed by atoms with Crippen molar-refractivity contribution in [3.8, 4) is 5.75 Å². The van der Waals surface area contributed by atoms with Gasteiger partial charge in [0.1, 0.15) is 5.75 Å². The van der Waals surface area contributed by atoms with Gasteiger partial charge < -0.3 is 9.47 Å². The van der Waals surface area contributed by atoms with E-state index < -0.39 is 10.0 Å². The van der Waals surface area contributed by atoms with Crippen molar-refractivity contribution in [2.24, 2.45) is 0 Å². The van der Waals surface area contributed by atoms with Gasteiger partial charge in [0.05, 0.1) is 26.3 Å². The summed E-state index contributed by atoms with van der Waals surface area (Å²) < 4.78 is 37.4. The number of rotatable bonds is 8. The van der Waals surface area contributed by atoms with Crippen LogP contribution in [0.25, 0.3) is 0 Å². The fourth-order valence-electron chi connectivity index (χ4n) is 2.30. The Kier molecular flexibility index (Phi) is 8.25. The van der Waals surface area contributed by atoms with Crippen LogP contribution in [0.1, 0.15) is 12.8 Å². The van der Waals surface area contributed by atoms with Gasteiger partial charge in [-0.2, -0.15) is 0 Å². The lowest BCUT2D eigenvalue weighted by atomic mass is 10.1. The minimum absolute atomic E-state index is 0.0140. The monoisotopic (exact) mass is 520 g/mol. The molecule has 1 aliphatic heterocycles. The Morgan fingerprint density at radius 2 is 2.12 bits per heavy atom. The third-order valence-electron chi connectivity index (χ3n) is 3.54. The van der Waals surface area contributed by atoms with Crippen molar-refractivity contribution in [3.05, 3.63) is 37.7 Å². The van der Waals surface area contributed by atoms with Gasteiger partial charge in [0.2, 0.25) is 10.0 Å². The molecular weight excluding hydrogens is 502 g/mol. The first-order valence-corrected chi connectivity index (χ1v) is 11.0. The molecule has 0 amide bonds. The van der Waals surface area contributed by atoms with E-state index in [1.807, 2.05) is 0 Å². The van der Waals surface area contributed by atoms with Gasteiger partial charge in [-0.05, 0) is 35.1 Å². The van der Waals surface area contributed by atoms with Crippen LogP contribution in [0.15, 0.2) is 24.1 Å². The third kappa shape index (κ3) is 6.85. The molecule has 2 atom stereocenters. The summed E-state index contributed by atoms with van der Waals surface area (Å²) in [7, 11) is -3.41. The molecule has 1 heterocycles. The molecule has 2 rings (SSSR count). The van der Waals surface area contributed by atoms with Crippen LogP contribution in [-0.2, 0) is 14.8 Å². The molecule has 1 aliphatic rings. The maximum Gasteiger partial charge on any atom is 0.233 e. The summed E-state index contributed by atoms with van der Waals surface area (Å²) in [6, 6.07) is 3.45. The van der Waals surface area contributed by atoms with E-state index in [4.69, 9.17) is 32.7 Å². The first-order valence-electron chi connectivity index (χ1n) is 7.59. The fraction of sp³-hybridized carbons (Fsp3) is 0.467. The molecule has 0 aromatic heterocycles. The van der Waals surface area contributed by atoms with Gasteiger partial charge in [-0.15, -0.1) is 0 Å². The second-order valence-electron chi connectivity index (χ2n) is 5.38. The standard InChI is InChI=1S/C15H19Cl2IN2O4S/c1-2-25(21,22)20-5-6-23-10-3-4-19-15(7-10)24-14-9-12(17)11(16)8-13(14)18/h2,8-10,15,19-20H,1,3-7H2. The molecule has 2 N–H and O–H groups in total. The first-order chi connectivity index (χ1) is 11.8. The lowest BCUT2D eigenvalue weighted by Gasteiger charge is -2.31. The van der Waals surface area contributed by atoms with Gasteiger partial charge >= 0.3 is 0 Å². The van der Waals surface area contributed by atoms with Crippen LogP contribution < -0.4 is 14.8 Å². The maximum absolute atomic E-state index is 11.3. The normalized spacial score (nSPS) is 21.1. The van der Waals surface area contributed by atoms with Crippen LogP contribution in [0.5, 0.6) is 5.75 Å². The molecule has 0 radical (unpaired) electrons. The average Bonchev–Trinajstić information content (AvgIpc) is 2.57. The highest BCUT2D eigenvalue weighted by atomic mass is 127. The molecule has 10 heteroatoms. The Hall–Kier alpha value is -0.100. The van der Waals surface area contributed by atoms with E-state index in [1.54, 1.807) is 12.1 Å². The van der Waals surface area contributed by atoms with Gasteiger partial charge in [0.25, 0.3) is 0 Å². The second-order valence-corrected chi connectivity index (χ2v) is 9.07. The summed E-state index contributed by atoms with van der Waals surface area (Å²) in [5, 5.41) is 5.08. The molecule has 140 valence electrons. The van der Waals surface area contributed by atoms with Gasteiger partial charge in [0, 0.05) is 31.0 Å². The smallest absolute Gasteiger partial charge is 0.233 e. The molecule has 1 fully saturated rings. The molecule has 0 bridgehead atoms. The van der Waals surface area contributed by atoms with Crippen molar-refractivity contribution in [2.75, 3.05) is 19.7 Å². The number of sulfonamides is 1. The molecule has 1 aromatic carbocycles. The van der Waals surface area contributed by atoms with E-state index in [0.717, 1.165) is 21.9 Å². The Morgan fingerprint density at radius 3 is 2.84 bits per heavy atom. The van der Waals surface area contributed by atoms with Crippen LogP contribution in [0.2, 0.25) is 10.0 Å². The first kappa shape index (κ1) is 21.2. The number of halogens is 3. The largest absolute Gasteiger partial charge is 0.474 e. The van der Waals surface area contributed by atoms with Crippen molar-refractivity contribution < 1.29 is 17.9 Å². The zero-order valence-electron chi connectivity index (χ0n) is 13.3. The van der Waals surface area contributed by atoms with Crippen molar-refractivity contribution in [2.45, 2.75) is 25.2 Å². The summed E-state index contributed by atoms with van der Waals surface area (Å²) in [5.74, 6) is 0.659. The van der Waals surface area contributed by atoms with E-state index in [9.17, 15) is 8.42 Å². The highest BCUT2D eigenvalue weighted by Gasteiger charge is 2.24. The number of hydrogen-bond acceptors (Lipinski definition) is 5. The Labute approximate surface area is 171 Å². The molecule has 25 heavy (non-hydrogen) atoms. The second kappa shape index (κ2) is 9.72. The Bertz CT molecular complexity index is 718. The topological polar surface area (TPSA) is 76.7 Å². The molecule has 1 aromatic rings. The minimum Gasteiger partial charge on any atom is -0.474 e. The van der Waals surface area contributed by atoms with Crippen molar-refractivity contribution in [1.82, 2.24) is 10.0 Å². The zero-order valence-corrected chi connectivity index (χ0v) is 17.8. The van der Waals surface area contributed by atoms with Crippen LogP contribution in [0, 0.1) is 3.57 Å². The summed E-state index contributed by atoms with van der Waals surface area (Å²) in [6.45, 7) is 4.47. The zero-order chi connectivity index (χ0) is 18.4. The van der Waals surface area contributed by atoms with Crippen molar-refractivity contribution in [3.63, 3.8) is 0 Å². The average molecular weight is 521 g/mol. The molecular formula is C15H19Cl2IN2O4S. The Morgan fingerprint density at radius 1 is 1.40 bits per heavy atom. The van der Waals surface area contributed by atoms with E-state index in [-0.39, 0.29) is 25.5 Å². The van der Waals surface area contributed by atoms with E-state index >= 15 is 0 Å². The maximum atomic E-state index is 11.3. The highest BCUT2D eigenvalue weighted by molar-refractivity contribution is 14.1. The highest BCUT2D eigenvalue weighted by Crippen LogP contribution is 2.32. The van der Waals surface area contributed by atoms with Gasteiger partial charge in [-0.25, -0.2) is 13.1 Å². The van der Waals surface area contributed by atoms with E-state index in [1.165, 1.54) is 0 Å². The summed E-state index contributed by atoms with van der Waals surface area (Å²) in [5.41, 5.74) is 0. The molecule has 2 unspecified atom stereocenters. The SMILES string of the molecule is C=CS(=O)(=O)NCCOC1CCNC(Oc2cc(Cl)c(Cl)cc2I)C1. The summed E-state index contributed by atoms with van der Waals surface area (Å²) in [6.07, 6.45) is 1.24. The Balaban J connectivity index is 1.83. The molecule has 0 spiro atoms. The van der Waals surface area contributed by atoms with E-state index in [2.05, 4.69) is 39.2 Å². The molecule has 6 nitrogen and oxygen atoms in total. The van der Waals surface area contributed by atoms with E-state index in [0.29, 0.717) is 22.2 Å². The number of benzene rings is 1. The van der Waals surface area contributed by atoms with Crippen molar-refractivity contribution in [1.29, 1.82) is 0 Å². The van der Waals surface area contributed by atoms with Gasteiger partial charge in [-0.3, -0.25) is 5.32 Å². The predicted octanol–water partition coefficient (Wildman–Crippen LogP) is 3.13. The summed E-state index contributed by atoms with van der Waals surface area (Å²) >= 11 is 14.2. The number of piperidine rings is 1. The lowest BCUT2D eigenvalue weighted by Crippen LogP contribution is -2.45. The fourth-order valence-corrected chi connectivity index (χ4v) is 3.88. The van der Waals surface area contributed by atoms with Crippen LogP contribution in [-0.4, -0.2) is 40.4 Å². The predicted molar refractivity (Wildman–Crippen MR) is 108 cm³/mol. The van der Waals surface area contributed by atoms with Crippen LogP contribution >= 0.6 is 45.8 Å². The third-order valence-corrected chi connectivity index (χ3v) is 6.15. The molecule has 1 saturated heterocycles. The number of nitrogens with one attached hydrogen (secondary N) is 2. The van der Waals surface area contributed by atoms with Gasteiger partial charge in [0.15, 0.2) is 6.23 Å².